The second-order valence-corrected chi connectivity index (χ2v) is 8.05. The molecule has 0 fully saturated rings. The first-order valence-electron chi connectivity index (χ1n) is 10.4. The predicted octanol–water partition coefficient (Wildman–Crippen LogP) is 3.00. The molecule has 0 saturated heterocycles. The van der Waals surface area contributed by atoms with Crippen LogP contribution in [0.15, 0.2) is 23.3 Å². The number of aryl methyl sites for hydroxylation is 1. The van der Waals surface area contributed by atoms with Crippen molar-refractivity contribution in [2.45, 2.75) is 39.5 Å². The Kier molecular flexibility index (Phi) is 7.82. The van der Waals surface area contributed by atoms with E-state index in [1.807, 2.05) is 0 Å². The smallest absolute Gasteiger partial charge is 0.341 e. The van der Waals surface area contributed by atoms with E-state index < -0.39 is 17.8 Å². The number of nitrogens with zero attached hydrogens (tertiary/aromatic N) is 1. The Morgan fingerprint density at radius 2 is 1.94 bits per heavy atom. The second kappa shape index (κ2) is 10.8. The molecule has 0 atom stereocenters. The number of anilines is 1. The molecule has 1 aromatic carbocycles. The zero-order valence-electron chi connectivity index (χ0n) is 17.9. The number of fused-ring (bicyclic) bond motifs is 1. The molecule has 2 amide bonds. The molecule has 0 radical (unpaired) electrons. The van der Waals surface area contributed by atoms with Gasteiger partial charge in [0.2, 0.25) is 0 Å². The minimum Gasteiger partial charge on any atom is -0.504 e. The van der Waals surface area contributed by atoms with Gasteiger partial charge in [-0.05, 0) is 68.9 Å². The molecule has 3 N–H and O–H groups in total. The van der Waals surface area contributed by atoms with Crippen molar-refractivity contribution in [2.24, 2.45) is 5.10 Å². The van der Waals surface area contributed by atoms with E-state index in [0.717, 1.165) is 36.1 Å². The first-order chi connectivity index (χ1) is 15.4. The van der Waals surface area contributed by atoms with Crippen LogP contribution in [0, 0.1) is 0 Å². The van der Waals surface area contributed by atoms with Crippen LogP contribution in [0.4, 0.5) is 5.00 Å². The topological polar surface area (TPSA) is 126 Å². The van der Waals surface area contributed by atoms with Crippen LogP contribution in [0.3, 0.4) is 0 Å². The summed E-state index contributed by atoms with van der Waals surface area (Å²) in [6.45, 7) is 4.10. The molecule has 0 bridgehead atoms. The van der Waals surface area contributed by atoms with Gasteiger partial charge < -0.3 is 19.9 Å². The molecule has 3 rings (SSSR count). The van der Waals surface area contributed by atoms with Crippen molar-refractivity contribution < 1.29 is 29.0 Å². The molecule has 170 valence electrons. The van der Waals surface area contributed by atoms with Gasteiger partial charge in [0.05, 0.1) is 25.0 Å². The molecule has 1 aromatic heterocycles. The maximum absolute atomic E-state index is 12.5. The lowest BCUT2D eigenvalue weighted by molar-refractivity contribution is -0.136. The van der Waals surface area contributed by atoms with E-state index in [2.05, 4.69) is 15.8 Å². The number of hydrogen-bond donors (Lipinski definition) is 3. The fourth-order valence-electron chi connectivity index (χ4n) is 3.33. The van der Waals surface area contributed by atoms with Crippen molar-refractivity contribution >= 4 is 40.3 Å². The summed E-state index contributed by atoms with van der Waals surface area (Å²) < 4.78 is 10.4. The van der Waals surface area contributed by atoms with Gasteiger partial charge in [-0.15, -0.1) is 11.3 Å². The Labute approximate surface area is 189 Å². The van der Waals surface area contributed by atoms with Gasteiger partial charge in [0, 0.05) is 4.88 Å². The highest BCUT2D eigenvalue weighted by molar-refractivity contribution is 7.17. The number of amides is 2. The first-order valence-corrected chi connectivity index (χ1v) is 11.2. The summed E-state index contributed by atoms with van der Waals surface area (Å²) in [7, 11) is 0. The van der Waals surface area contributed by atoms with E-state index in [4.69, 9.17) is 9.47 Å². The summed E-state index contributed by atoms with van der Waals surface area (Å²) in [5.74, 6) is -2.14. The number of carbonyl (C=O) groups is 3. The zero-order valence-corrected chi connectivity index (χ0v) is 18.7. The molecular formula is C22H25N3O6S. The van der Waals surface area contributed by atoms with Crippen molar-refractivity contribution in [2.75, 3.05) is 18.5 Å². The SMILES string of the molecule is CCOC(=O)c1c(NC(=O)C(=O)N/N=C/c2ccc(O)c(OCC)c2)sc2c1CCCC2. The van der Waals surface area contributed by atoms with Crippen LogP contribution in [0.2, 0.25) is 0 Å². The quantitative estimate of drug-likeness (QED) is 0.253. The predicted molar refractivity (Wildman–Crippen MR) is 121 cm³/mol. The summed E-state index contributed by atoms with van der Waals surface area (Å²) in [5, 5.41) is 16.3. The third-order valence-electron chi connectivity index (χ3n) is 4.75. The fourth-order valence-corrected chi connectivity index (χ4v) is 4.60. The van der Waals surface area contributed by atoms with Crippen LogP contribution < -0.4 is 15.5 Å². The van der Waals surface area contributed by atoms with Gasteiger partial charge in [-0.3, -0.25) is 9.59 Å². The monoisotopic (exact) mass is 459 g/mol. The van der Waals surface area contributed by atoms with Gasteiger partial charge in [0.15, 0.2) is 11.5 Å². The van der Waals surface area contributed by atoms with E-state index in [-0.39, 0.29) is 18.1 Å². The highest BCUT2D eigenvalue weighted by atomic mass is 32.1. The standard InChI is InChI=1S/C22H25N3O6S/c1-3-30-16-11-13(9-10-15(16)26)12-23-25-20(28)19(27)24-21-18(22(29)31-4-2)14-7-5-6-8-17(14)32-21/h9-12,26H,3-8H2,1-2H3,(H,24,27)(H,25,28)/b23-12+. The van der Waals surface area contributed by atoms with Crippen molar-refractivity contribution in [3.63, 3.8) is 0 Å². The maximum atomic E-state index is 12.5. The summed E-state index contributed by atoms with van der Waals surface area (Å²) in [5.41, 5.74) is 3.95. The Morgan fingerprint density at radius 3 is 2.69 bits per heavy atom. The van der Waals surface area contributed by atoms with E-state index in [1.54, 1.807) is 26.0 Å². The summed E-state index contributed by atoms with van der Waals surface area (Å²) in [4.78, 5) is 38.1. The fraction of sp³-hybridized carbons (Fsp3) is 0.364. The third kappa shape index (κ3) is 5.44. The van der Waals surface area contributed by atoms with Crippen LogP contribution in [-0.4, -0.2) is 42.3 Å². The maximum Gasteiger partial charge on any atom is 0.341 e. The number of ether oxygens (including phenoxy) is 2. The van der Waals surface area contributed by atoms with Gasteiger partial charge in [-0.25, -0.2) is 10.2 Å². The molecule has 0 spiro atoms. The van der Waals surface area contributed by atoms with Gasteiger partial charge in [0.1, 0.15) is 5.00 Å². The largest absolute Gasteiger partial charge is 0.504 e. The molecular weight excluding hydrogens is 434 g/mol. The minimum atomic E-state index is -0.980. The summed E-state index contributed by atoms with van der Waals surface area (Å²) in [6, 6.07) is 4.57. The minimum absolute atomic E-state index is 0.0107. The number of nitrogens with one attached hydrogen (secondary N) is 2. The number of hydrazone groups is 1. The Hall–Kier alpha value is -3.40. The molecule has 0 aliphatic heterocycles. The molecule has 1 aliphatic carbocycles. The highest BCUT2D eigenvalue weighted by Crippen LogP contribution is 2.38. The molecule has 2 aromatic rings. The van der Waals surface area contributed by atoms with Crippen LogP contribution >= 0.6 is 11.3 Å². The average Bonchev–Trinajstić information content (AvgIpc) is 3.14. The number of thiophene rings is 1. The van der Waals surface area contributed by atoms with Crippen LogP contribution in [0.5, 0.6) is 11.5 Å². The third-order valence-corrected chi connectivity index (χ3v) is 5.95. The lowest BCUT2D eigenvalue weighted by atomic mass is 9.95. The molecule has 0 unspecified atom stereocenters. The Morgan fingerprint density at radius 1 is 1.16 bits per heavy atom. The van der Waals surface area contributed by atoms with E-state index >= 15 is 0 Å². The summed E-state index contributed by atoms with van der Waals surface area (Å²) in [6.07, 6.45) is 4.86. The Balaban J connectivity index is 1.68. The van der Waals surface area contributed by atoms with Crippen molar-refractivity contribution in [1.29, 1.82) is 0 Å². The molecule has 1 aliphatic rings. The molecule has 0 saturated carbocycles. The average molecular weight is 460 g/mol. The lowest BCUT2D eigenvalue weighted by Gasteiger charge is -2.12. The molecule has 1 heterocycles. The van der Waals surface area contributed by atoms with Crippen molar-refractivity contribution in [3.05, 3.63) is 39.8 Å². The number of carbonyl (C=O) groups excluding carboxylic acids is 3. The van der Waals surface area contributed by atoms with E-state index in [9.17, 15) is 19.5 Å². The first kappa shape index (κ1) is 23.3. The number of aromatic hydroxyl groups is 1. The summed E-state index contributed by atoms with van der Waals surface area (Å²) >= 11 is 1.30. The van der Waals surface area contributed by atoms with Crippen molar-refractivity contribution in [1.82, 2.24) is 5.43 Å². The zero-order chi connectivity index (χ0) is 23.1. The normalized spacial score (nSPS) is 12.8. The number of phenols is 1. The van der Waals surface area contributed by atoms with Crippen LogP contribution in [0.1, 0.15) is 53.1 Å². The van der Waals surface area contributed by atoms with E-state index in [1.165, 1.54) is 23.6 Å². The molecule has 32 heavy (non-hydrogen) atoms. The Bertz CT molecular complexity index is 1050. The highest BCUT2D eigenvalue weighted by Gasteiger charge is 2.28. The number of esters is 1. The van der Waals surface area contributed by atoms with E-state index in [0.29, 0.717) is 22.7 Å². The van der Waals surface area contributed by atoms with Gasteiger partial charge in [0.25, 0.3) is 0 Å². The number of hydrogen-bond acceptors (Lipinski definition) is 8. The van der Waals surface area contributed by atoms with Gasteiger partial charge >= 0.3 is 17.8 Å². The van der Waals surface area contributed by atoms with Gasteiger partial charge in [-0.2, -0.15) is 5.10 Å². The molecule has 10 heteroatoms. The van der Waals surface area contributed by atoms with Gasteiger partial charge in [-0.1, -0.05) is 0 Å². The number of phenolic OH excluding ortho intramolecular Hbond substituents is 1. The number of benzene rings is 1. The van der Waals surface area contributed by atoms with Crippen LogP contribution in [0.25, 0.3) is 0 Å². The van der Waals surface area contributed by atoms with Crippen molar-refractivity contribution in [3.8, 4) is 11.5 Å². The molecule has 9 nitrogen and oxygen atoms in total. The second-order valence-electron chi connectivity index (χ2n) is 6.95. The van der Waals surface area contributed by atoms with Crippen LogP contribution in [-0.2, 0) is 27.2 Å². The number of rotatable bonds is 7. The lowest BCUT2D eigenvalue weighted by Crippen LogP contribution is -2.32.